The fourth-order valence-corrected chi connectivity index (χ4v) is 3.21. The lowest BCUT2D eigenvalue weighted by molar-refractivity contribution is 0.0892. The van der Waals surface area contributed by atoms with E-state index in [1.54, 1.807) is 0 Å². The molecular formula is C17H27N3O. The Hall–Kier alpha value is -1.71. The van der Waals surface area contributed by atoms with Crippen LogP contribution in [0, 0.1) is 5.41 Å². The van der Waals surface area contributed by atoms with Crippen molar-refractivity contribution in [1.29, 1.82) is 0 Å². The fourth-order valence-electron chi connectivity index (χ4n) is 3.21. The Morgan fingerprint density at radius 2 is 1.81 bits per heavy atom. The van der Waals surface area contributed by atoms with Gasteiger partial charge >= 0.3 is 0 Å². The van der Waals surface area contributed by atoms with Gasteiger partial charge in [-0.05, 0) is 37.8 Å². The summed E-state index contributed by atoms with van der Waals surface area (Å²) in [6.45, 7) is 12.5. The molecule has 1 heterocycles. The van der Waals surface area contributed by atoms with Crippen LogP contribution < -0.4 is 16.0 Å². The molecule has 0 bridgehead atoms. The third-order valence-electron chi connectivity index (χ3n) is 3.48. The Bertz CT molecular complexity index is 529. The number of carbonyl (C=O) groups is 1. The summed E-state index contributed by atoms with van der Waals surface area (Å²) in [5.41, 5.74) is 2.56. The molecule has 3 N–H and O–H groups in total. The van der Waals surface area contributed by atoms with Crippen molar-refractivity contribution in [3.63, 3.8) is 0 Å². The van der Waals surface area contributed by atoms with Crippen molar-refractivity contribution in [2.24, 2.45) is 5.41 Å². The summed E-state index contributed by atoms with van der Waals surface area (Å²) in [7, 11) is 0. The Labute approximate surface area is 127 Å². The van der Waals surface area contributed by atoms with Crippen molar-refractivity contribution in [3.8, 4) is 0 Å². The molecule has 0 aromatic heterocycles. The molecule has 1 aliphatic rings. The van der Waals surface area contributed by atoms with Crippen LogP contribution in [0.4, 0.5) is 11.4 Å². The second-order valence-electron chi connectivity index (χ2n) is 7.66. The number of benzene rings is 1. The van der Waals surface area contributed by atoms with Gasteiger partial charge in [-0.1, -0.05) is 26.8 Å². The first kappa shape index (κ1) is 15.7. The highest BCUT2D eigenvalue weighted by Gasteiger charge is 2.28. The van der Waals surface area contributed by atoms with Crippen molar-refractivity contribution in [2.45, 2.75) is 46.6 Å². The van der Waals surface area contributed by atoms with Crippen molar-refractivity contribution < 1.29 is 4.79 Å². The summed E-state index contributed by atoms with van der Waals surface area (Å²) in [6, 6.07) is 5.80. The molecule has 1 aromatic rings. The van der Waals surface area contributed by atoms with E-state index in [9.17, 15) is 4.79 Å². The quantitative estimate of drug-likeness (QED) is 0.798. The molecule has 4 nitrogen and oxygen atoms in total. The van der Waals surface area contributed by atoms with E-state index < -0.39 is 0 Å². The van der Waals surface area contributed by atoms with Gasteiger partial charge in [-0.15, -0.1) is 0 Å². The number of amides is 1. The number of anilines is 2. The van der Waals surface area contributed by atoms with Crippen LogP contribution >= 0.6 is 0 Å². The van der Waals surface area contributed by atoms with E-state index in [-0.39, 0.29) is 16.9 Å². The lowest BCUT2D eigenvalue weighted by atomic mass is 9.81. The van der Waals surface area contributed by atoms with Crippen molar-refractivity contribution in [2.75, 3.05) is 23.7 Å². The number of para-hydroxylation sites is 1. The van der Waals surface area contributed by atoms with Crippen LogP contribution in [0.3, 0.4) is 0 Å². The summed E-state index contributed by atoms with van der Waals surface area (Å²) < 4.78 is 0. The van der Waals surface area contributed by atoms with Crippen LogP contribution in [0.2, 0.25) is 0 Å². The molecule has 0 aliphatic carbocycles. The molecule has 21 heavy (non-hydrogen) atoms. The largest absolute Gasteiger partial charge is 0.382 e. The molecule has 1 aliphatic heterocycles. The smallest absolute Gasteiger partial charge is 0.253 e. The van der Waals surface area contributed by atoms with Gasteiger partial charge in [0.25, 0.3) is 5.91 Å². The highest BCUT2D eigenvalue weighted by molar-refractivity contribution is 6.03. The van der Waals surface area contributed by atoms with Crippen LogP contribution in [0.15, 0.2) is 18.2 Å². The van der Waals surface area contributed by atoms with E-state index >= 15 is 0 Å². The van der Waals surface area contributed by atoms with Gasteiger partial charge in [0, 0.05) is 18.6 Å². The molecule has 0 radical (unpaired) electrons. The van der Waals surface area contributed by atoms with E-state index in [1.165, 1.54) is 0 Å². The predicted molar refractivity (Wildman–Crippen MR) is 89.0 cm³/mol. The fraction of sp³-hybridized carbons (Fsp3) is 0.588. The molecular weight excluding hydrogens is 262 g/mol. The number of hydrogen-bond donors (Lipinski definition) is 3. The van der Waals surface area contributed by atoms with Crippen LogP contribution in [0.5, 0.6) is 0 Å². The monoisotopic (exact) mass is 289 g/mol. The Balaban J connectivity index is 2.18. The first-order valence-corrected chi connectivity index (χ1v) is 7.61. The van der Waals surface area contributed by atoms with E-state index in [2.05, 4.69) is 50.6 Å². The molecule has 1 aromatic carbocycles. The van der Waals surface area contributed by atoms with Crippen LogP contribution in [0.25, 0.3) is 0 Å². The molecule has 0 unspecified atom stereocenters. The van der Waals surface area contributed by atoms with Crippen LogP contribution in [-0.4, -0.2) is 24.5 Å². The Morgan fingerprint density at radius 1 is 1.14 bits per heavy atom. The minimum absolute atomic E-state index is 0.0164. The number of fused-ring (bicyclic) bond motifs is 1. The van der Waals surface area contributed by atoms with Gasteiger partial charge in [-0.2, -0.15) is 0 Å². The molecule has 116 valence electrons. The molecule has 4 heteroatoms. The van der Waals surface area contributed by atoms with Crippen molar-refractivity contribution in [1.82, 2.24) is 5.32 Å². The zero-order valence-corrected chi connectivity index (χ0v) is 13.8. The highest BCUT2D eigenvalue weighted by Crippen LogP contribution is 2.30. The van der Waals surface area contributed by atoms with E-state index in [0.29, 0.717) is 5.56 Å². The number of rotatable bonds is 3. The molecule has 0 saturated carbocycles. The van der Waals surface area contributed by atoms with E-state index in [1.807, 2.05) is 18.2 Å². The maximum atomic E-state index is 12.6. The molecule has 0 atom stereocenters. The van der Waals surface area contributed by atoms with Crippen LogP contribution in [-0.2, 0) is 0 Å². The standard InChI is InChI=1S/C17H27N3O/c1-16(2,3)11-17(4,5)20-15(21)12-7-6-8-13-14(12)19-10-9-18-13/h6-8,18-19H,9-11H2,1-5H3,(H,20,21). The summed E-state index contributed by atoms with van der Waals surface area (Å²) >= 11 is 0. The minimum Gasteiger partial charge on any atom is -0.382 e. The van der Waals surface area contributed by atoms with Gasteiger partial charge in [0.15, 0.2) is 0 Å². The minimum atomic E-state index is -0.236. The van der Waals surface area contributed by atoms with Gasteiger partial charge in [-0.3, -0.25) is 4.79 Å². The lowest BCUT2D eigenvalue weighted by Crippen LogP contribution is -2.46. The summed E-state index contributed by atoms with van der Waals surface area (Å²) in [5, 5.41) is 9.81. The van der Waals surface area contributed by atoms with Crippen LogP contribution in [0.1, 0.15) is 51.4 Å². The maximum Gasteiger partial charge on any atom is 0.253 e. The number of nitrogens with one attached hydrogen (secondary N) is 3. The van der Waals surface area contributed by atoms with Gasteiger partial charge in [0.2, 0.25) is 0 Å². The molecule has 2 rings (SSSR count). The predicted octanol–water partition coefficient (Wildman–Crippen LogP) is 3.47. The van der Waals surface area contributed by atoms with Gasteiger partial charge in [0.05, 0.1) is 16.9 Å². The SMILES string of the molecule is CC(C)(C)CC(C)(C)NC(=O)c1cccc2c1NCCN2. The second-order valence-corrected chi connectivity index (χ2v) is 7.66. The molecule has 0 spiro atoms. The first-order chi connectivity index (χ1) is 9.68. The second kappa shape index (κ2) is 5.58. The summed E-state index contributed by atoms with van der Waals surface area (Å²) in [6.07, 6.45) is 0.923. The summed E-state index contributed by atoms with van der Waals surface area (Å²) in [4.78, 5) is 12.6. The highest BCUT2D eigenvalue weighted by atomic mass is 16.1. The zero-order valence-electron chi connectivity index (χ0n) is 13.8. The molecule has 0 saturated heterocycles. The van der Waals surface area contributed by atoms with E-state index in [0.717, 1.165) is 30.9 Å². The van der Waals surface area contributed by atoms with Crippen molar-refractivity contribution in [3.05, 3.63) is 23.8 Å². The molecule has 1 amide bonds. The Kier molecular flexibility index (Phi) is 4.17. The third kappa shape index (κ3) is 4.13. The number of hydrogen-bond acceptors (Lipinski definition) is 3. The van der Waals surface area contributed by atoms with Crippen molar-refractivity contribution >= 4 is 17.3 Å². The van der Waals surface area contributed by atoms with Gasteiger partial charge in [-0.25, -0.2) is 0 Å². The van der Waals surface area contributed by atoms with Gasteiger partial charge < -0.3 is 16.0 Å². The van der Waals surface area contributed by atoms with E-state index in [4.69, 9.17) is 0 Å². The average Bonchev–Trinajstić information content (AvgIpc) is 2.34. The van der Waals surface area contributed by atoms with Gasteiger partial charge in [0.1, 0.15) is 0 Å². The molecule has 0 fully saturated rings. The summed E-state index contributed by atoms with van der Waals surface area (Å²) in [5.74, 6) is -0.0164. The number of carbonyl (C=O) groups excluding carboxylic acids is 1. The first-order valence-electron chi connectivity index (χ1n) is 7.61. The maximum absolute atomic E-state index is 12.6. The average molecular weight is 289 g/mol. The zero-order chi connectivity index (χ0) is 15.7. The third-order valence-corrected chi connectivity index (χ3v) is 3.48. The normalized spacial score (nSPS) is 14.7. The Morgan fingerprint density at radius 3 is 2.48 bits per heavy atom. The lowest BCUT2D eigenvalue weighted by Gasteiger charge is -2.34. The topological polar surface area (TPSA) is 53.2 Å².